The molecule has 0 radical (unpaired) electrons. The predicted octanol–water partition coefficient (Wildman–Crippen LogP) is 3.18. The average molecular weight is 317 g/mol. The zero-order chi connectivity index (χ0) is 15.9. The van der Waals surface area contributed by atoms with E-state index in [1.165, 1.54) is 0 Å². The maximum absolute atomic E-state index is 5.44. The van der Waals surface area contributed by atoms with Crippen LogP contribution in [-0.4, -0.2) is 26.3 Å². The Labute approximate surface area is 136 Å². The number of hydrogen-bond donors (Lipinski definition) is 1. The van der Waals surface area contributed by atoms with Crippen LogP contribution in [0, 0.1) is 0 Å². The van der Waals surface area contributed by atoms with Gasteiger partial charge in [-0.2, -0.15) is 0 Å². The van der Waals surface area contributed by atoms with Crippen molar-refractivity contribution >= 4 is 17.2 Å². The molecule has 4 nitrogen and oxygen atoms in total. The summed E-state index contributed by atoms with van der Waals surface area (Å²) >= 11 is 5.44. The van der Waals surface area contributed by atoms with Gasteiger partial charge in [0, 0.05) is 17.7 Å². The van der Waals surface area contributed by atoms with Gasteiger partial charge in [0.05, 0.1) is 21.3 Å². The van der Waals surface area contributed by atoms with E-state index in [9.17, 15) is 0 Å². The zero-order valence-electron chi connectivity index (χ0n) is 12.9. The van der Waals surface area contributed by atoms with Gasteiger partial charge in [0.15, 0.2) is 11.5 Å². The van der Waals surface area contributed by atoms with Gasteiger partial charge in [-0.05, 0) is 24.3 Å². The third-order valence-electron chi connectivity index (χ3n) is 3.28. The first-order valence-corrected chi connectivity index (χ1v) is 7.22. The van der Waals surface area contributed by atoms with Crippen LogP contribution in [0.3, 0.4) is 0 Å². The smallest absolute Gasteiger partial charge is 0.161 e. The number of para-hydroxylation sites is 1. The van der Waals surface area contributed by atoms with Crippen LogP contribution in [0.4, 0.5) is 0 Å². The Kier molecular flexibility index (Phi) is 5.61. The van der Waals surface area contributed by atoms with Crippen molar-refractivity contribution in [3.8, 4) is 17.2 Å². The number of hydrogen-bond acceptors (Lipinski definition) is 4. The topological polar surface area (TPSA) is 39.7 Å². The Bertz CT molecular complexity index is 658. The van der Waals surface area contributed by atoms with Gasteiger partial charge in [0.25, 0.3) is 0 Å². The molecule has 0 bridgehead atoms. The minimum Gasteiger partial charge on any atom is -0.496 e. The van der Waals surface area contributed by atoms with Gasteiger partial charge in [-0.1, -0.05) is 30.4 Å². The monoisotopic (exact) mass is 317 g/mol. The SMILES string of the molecule is COc1ccccc1CNC(=S)c1ccc(OC)c(OC)c1. The van der Waals surface area contributed by atoms with Gasteiger partial charge in [0.1, 0.15) is 10.7 Å². The maximum Gasteiger partial charge on any atom is 0.161 e. The Balaban J connectivity index is 2.09. The molecule has 5 heteroatoms. The highest BCUT2D eigenvalue weighted by Gasteiger charge is 2.09. The third kappa shape index (κ3) is 3.68. The molecule has 116 valence electrons. The van der Waals surface area contributed by atoms with E-state index in [2.05, 4.69) is 5.32 Å². The molecule has 22 heavy (non-hydrogen) atoms. The standard InChI is InChI=1S/C17H19NO3S/c1-19-14-7-5-4-6-13(14)11-18-17(22)12-8-9-15(20-2)16(10-12)21-3/h4-10H,11H2,1-3H3,(H,18,22). The van der Waals surface area contributed by atoms with Crippen molar-refractivity contribution < 1.29 is 14.2 Å². The predicted molar refractivity (Wildman–Crippen MR) is 91.1 cm³/mol. The number of methoxy groups -OCH3 is 3. The van der Waals surface area contributed by atoms with E-state index in [1.54, 1.807) is 21.3 Å². The molecule has 2 aromatic rings. The van der Waals surface area contributed by atoms with Gasteiger partial charge in [0.2, 0.25) is 0 Å². The van der Waals surface area contributed by atoms with E-state index in [0.29, 0.717) is 23.0 Å². The van der Waals surface area contributed by atoms with E-state index in [-0.39, 0.29) is 0 Å². The third-order valence-corrected chi connectivity index (χ3v) is 3.66. The number of benzene rings is 2. The number of rotatable bonds is 6. The second-order valence-corrected chi connectivity index (χ2v) is 4.97. The average Bonchev–Trinajstić information content (AvgIpc) is 2.59. The fourth-order valence-electron chi connectivity index (χ4n) is 2.10. The molecule has 0 saturated carbocycles. The molecule has 0 heterocycles. The van der Waals surface area contributed by atoms with Crippen molar-refractivity contribution in [1.82, 2.24) is 5.32 Å². The molecule has 1 N–H and O–H groups in total. The van der Waals surface area contributed by atoms with E-state index < -0.39 is 0 Å². The van der Waals surface area contributed by atoms with Crippen LogP contribution < -0.4 is 19.5 Å². The molecular formula is C17H19NO3S. The first-order chi connectivity index (χ1) is 10.7. The largest absolute Gasteiger partial charge is 0.496 e. The lowest BCUT2D eigenvalue weighted by Gasteiger charge is -2.13. The van der Waals surface area contributed by atoms with Crippen molar-refractivity contribution in [2.45, 2.75) is 6.54 Å². The second kappa shape index (κ2) is 7.66. The molecule has 0 amide bonds. The summed E-state index contributed by atoms with van der Waals surface area (Å²) in [7, 11) is 4.87. The van der Waals surface area contributed by atoms with Crippen molar-refractivity contribution in [1.29, 1.82) is 0 Å². The highest BCUT2D eigenvalue weighted by atomic mass is 32.1. The van der Waals surface area contributed by atoms with Crippen molar-refractivity contribution in [2.24, 2.45) is 0 Å². The first kappa shape index (κ1) is 16.1. The molecule has 2 aromatic carbocycles. The lowest BCUT2D eigenvalue weighted by atomic mass is 10.1. The summed E-state index contributed by atoms with van der Waals surface area (Å²) in [6.45, 7) is 0.594. The van der Waals surface area contributed by atoms with E-state index >= 15 is 0 Å². The van der Waals surface area contributed by atoms with Crippen LogP contribution in [-0.2, 0) is 6.54 Å². The fourth-order valence-corrected chi connectivity index (χ4v) is 2.30. The fraction of sp³-hybridized carbons (Fsp3) is 0.235. The molecule has 0 aliphatic heterocycles. The number of ether oxygens (including phenoxy) is 3. The zero-order valence-corrected chi connectivity index (χ0v) is 13.7. The Morgan fingerprint density at radius 2 is 1.59 bits per heavy atom. The van der Waals surface area contributed by atoms with E-state index in [4.69, 9.17) is 26.4 Å². The van der Waals surface area contributed by atoms with Gasteiger partial charge in [-0.25, -0.2) is 0 Å². The van der Waals surface area contributed by atoms with Crippen molar-refractivity contribution in [2.75, 3.05) is 21.3 Å². The molecule has 0 atom stereocenters. The Morgan fingerprint density at radius 3 is 2.27 bits per heavy atom. The molecular weight excluding hydrogens is 298 g/mol. The lowest BCUT2D eigenvalue weighted by Crippen LogP contribution is -2.22. The molecule has 0 aromatic heterocycles. The highest BCUT2D eigenvalue weighted by molar-refractivity contribution is 7.80. The van der Waals surface area contributed by atoms with Gasteiger partial charge in [-0.15, -0.1) is 0 Å². The number of nitrogens with one attached hydrogen (secondary N) is 1. The van der Waals surface area contributed by atoms with Gasteiger partial charge >= 0.3 is 0 Å². The van der Waals surface area contributed by atoms with Crippen molar-refractivity contribution in [3.05, 3.63) is 53.6 Å². The Morgan fingerprint density at radius 1 is 0.909 bits per heavy atom. The van der Waals surface area contributed by atoms with Crippen LogP contribution in [0.15, 0.2) is 42.5 Å². The van der Waals surface area contributed by atoms with Crippen LogP contribution in [0.1, 0.15) is 11.1 Å². The van der Waals surface area contributed by atoms with Gasteiger partial charge in [-0.3, -0.25) is 0 Å². The summed E-state index contributed by atoms with van der Waals surface area (Å²) in [6.07, 6.45) is 0. The lowest BCUT2D eigenvalue weighted by molar-refractivity contribution is 0.355. The maximum atomic E-state index is 5.44. The molecule has 0 spiro atoms. The van der Waals surface area contributed by atoms with E-state index in [1.807, 2.05) is 42.5 Å². The van der Waals surface area contributed by atoms with Crippen LogP contribution >= 0.6 is 12.2 Å². The minimum atomic E-state index is 0.594. The molecule has 0 aliphatic rings. The number of thiocarbonyl (C=S) groups is 1. The van der Waals surface area contributed by atoms with Crippen molar-refractivity contribution in [3.63, 3.8) is 0 Å². The molecule has 2 rings (SSSR count). The first-order valence-electron chi connectivity index (χ1n) is 6.81. The Hall–Kier alpha value is -2.27. The molecule has 0 saturated heterocycles. The minimum absolute atomic E-state index is 0.594. The summed E-state index contributed by atoms with van der Waals surface area (Å²) in [6, 6.07) is 13.4. The summed E-state index contributed by atoms with van der Waals surface area (Å²) in [4.78, 5) is 0.645. The van der Waals surface area contributed by atoms with Crippen LogP contribution in [0.2, 0.25) is 0 Å². The summed E-state index contributed by atoms with van der Waals surface area (Å²) in [5.74, 6) is 2.17. The summed E-state index contributed by atoms with van der Waals surface area (Å²) in [5, 5.41) is 3.23. The normalized spacial score (nSPS) is 9.95. The second-order valence-electron chi connectivity index (χ2n) is 4.56. The van der Waals surface area contributed by atoms with Crippen LogP contribution in [0.5, 0.6) is 17.2 Å². The summed E-state index contributed by atoms with van der Waals surface area (Å²) in [5.41, 5.74) is 1.93. The molecule has 0 fully saturated rings. The van der Waals surface area contributed by atoms with Gasteiger partial charge < -0.3 is 19.5 Å². The summed E-state index contributed by atoms with van der Waals surface area (Å²) < 4.78 is 15.8. The van der Waals surface area contributed by atoms with E-state index in [0.717, 1.165) is 16.9 Å². The molecule has 0 aliphatic carbocycles. The quantitative estimate of drug-likeness (QED) is 0.829. The molecule has 0 unspecified atom stereocenters. The van der Waals surface area contributed by atoms with Crippen LogP contribution in [0.25, 0.3) is 0 Å². The highest BCUT2D eigenvalue weighted by Crippen LogP contribution is 2.27.